The summed E-state index contributed by atoms with van der Waals surface area (Å²) < 4.78 is 8.53. The molecule has 1 aliphatic rings. The van der Waals surface area contributed by atoms with Crippen molar-refractivity contribution in [2.24, 2.45) is 0 Å². The number of nitrogens with one attached hydrogen (secondary N) is 1. The summed E-state index contributed by atoms with van der Waals surface area (Å²) in [5.41, 5.74) is 2.26. The van der Waals surface area contributed by atoms with E-state index in [9.17, 15) is 0 Å². The van der Waals surface area contributed by atoms with Crippen LogP contribution in [0.25, 0.3) is 0 Å². The van der Waals surface area contributed by atoms with Crippen LogP contribution in [0.15, 0.2) is 35.2 Å². The van der Waals surface area contributed by atoms with Crippen LogP contribution in [-0.4, -0.2) is 16.7 Å². The molecule has 0 bridgehead atoms. The maximum Gasteiger partial charge on any atom is 0.122 e. The van der Waals surface area contributed by atoms with E-state index in [2.05, 4.69) is 30.8 Å². The molecule has 1 saturated carbocycles. The number of ether oxygens (including phenoxy) is 1. The highest BCUT2D eigenvalue weighted by Gasteiger charge is 2.24. The lowest BCUT2D eigenvalue weighted by Crippen LogP contribution is -2.06. The Morgan fingerprint density at radius 3 is 3.00 bits per heavy atom. The zero-order valence-electron chi connectivity index (χ0n) is 10.8. The summed E-state index contributed by atoms with van der Waals surface area (Å²) in [5.74, 6) is 0.840. The van der Waals surface area contributed by atoms with E-state index in [0.29, 0.717) is 6.04 Å². The molecule has 1 aromatic heterocycles. The van der Waals surface area contributed by atoms with Gasteiger partial charge < -0.3 is 14.6 Å². The van der Waals surface area contributed by atoms with E-state index in [1.54, 1.807) is 7.11 Å². The number of imidazole rings is 1. The van der Waals surface area contributed by atoms with Crippen LogP contribution in [0.1, 0.15) is 24.6 Å². The highest BCUT2D eigenvalue weighted by Crippen LogP contribution is 2.35. The van der Waals surface area contributed by atoms with Gasteiger partial charge in [-0.2, -0.15) is 0 Å². The molecule has 0 radical (unpaired) electrons. The Kier molecular flexibility index (Phi) is 3.46. The minimum atomic E-state index is 0.663. The van der Waals surface area contributed by atoms with Crippen LogP contribution >= 0.6 is 15.9 Å². The van der Waals surface area contributed by atoms with Crippen LogP contribution < -0.4 is 10.1 Å². The molecule has 1 aliphatic carbocycles. The van der Waals surface area contributed by atoms with E-state index in [-0.39, 0.29) is 0 Å². The van der Waals surface area contributed by atoms with Crippen LogP contribution in [-0.2, 0) is 6.54 Å². The van der Waals surface area contributed by atoms with Crippen LogP contribution in [0.3, 0.4) is 0 Å². The van der Waals surface area contributed by atoms with Gasteiger partial charge in [0.25, 0.3) is 0 Å². The number of anilines is 1. The van der Waals surface area contributed by atoms with Crippen molar-refractivity contribution in [2.75, 3.05) is 12.4 Å². The number of hydrogen-bond donors (Lipinski definition) is 1. The zero-order chi connectivity index (χ0) is 13.2. The van der Waals surface area contributed by atoms with Gasteiger partial charge in [0.2, 0.25) is 0 Å². The Hall–Kier alpha value is -1.49. The summed E-state index contributed by atoms with van der Waals surface area (Å²) in [4.78, 5) is 4.24. The first-order valence-electron chi connectivity index (χ1n) is 6.35. The quantitative estimate of drug-likeness (QED) is 0.914. The Morgan fingerprint density at radius 2 is 2.26 bits per heavy atom. The molecule has 0 aliphatic heterocycles. The largest absolute Gasteiger partial charge is 0.497 e. The number of methoxy groups -OCH3 is 1. The summed E-state index contributed by atoms with van der Waals surface area (Å²) in [6, 6.07) is 6.64. The number of hydrogen-bond acceptors (Lipinski definition) is 3. The second-order valence-corrected chi connectivity index (χ2v) is 5.67. The minimum Gasteiger partial charge on any atom is -0.497 e. The molecule has 1 N–H and O–H groups in total. The second-order valence-electron chi connectivity index (χ2n) is 4.76. The molecule has 0 saturated heterocycles. The van der Waals surface area contributed by atoms with Gasteiger partial charge in [0.05, 0.1) is 25.7 Å². The molecule has 2 aromatic rings. The highest BCUT2D eigenvalue weighted by atomic mass is 79.9. The second kappa shape index (κ2) is 5.25. The Morgan fingerprint density at radius 1 is 1.42 bits per heavy atom. The molecular weight excluding hydrogens is 306 g/mol. The predicted molar refractivity (Wildman–Crippen MR) is 78.5 cm³/mol. The third kappa shape index (κ3) is 2.92. The van der Waals surface area contributed by atoms with E-state index in [1.165, 1.54) is 18.5 Å². The van der Waals surface area contributed by atoms with Crippen LogP contribution in [0, 0.1) is 0 Å². The van der Waals surface area contributed by atoms with E-state index in [1.807, 2.05) is 30.7 Å². The number of rotatable bonds is 5. The molecule has 1 aromatic carbocycles. The monoisotopic (exact) mass is 321 g/mol. The topological polar surface area (TPSA) is 39.1 Å². The molecule has 19 heavy (non-hydrogen) atoms. The molecule has 0 unspecified atom stereocenters. The summed E-state index contributed by atoms with van der Waals surface area (Å²) in [7, 11) is 1.67. The van der Waals surface area contributed by atoms with Crippen LogP contribution in [0.5, 0.6) is 5.75 Å². The van der Waals surface area contributed by atoms with Gasteiger partial charge in [0, 0.05) is 28.5 Å². The van der Waals surface area contributed by atoms with Gasteiger partial charge in [0.1, 0.15) is 5.75 Å². The van der Waals surface area contributed by atoms with E-state index < -0.39 is 0 Å². The summed E-state index contributed by atoms with van der Waals surface area (Å²) >= 11 is 3.48. The summed E-state index contributed by atoms with van der Waals surface area (Å²) in [6.45, 7) is 0.774. The average Bonchev–Trinajstić information content (AvgIpc) is 3.14. The zero-order valence-corrected chi connectivity index (χ0v) is 12.4. The highest BCUT2D eigenvalue weighted by molar-refractivity contribution is 9.10. The van der Waals surface area contributed by atoms with Crippen molar-refractivity contribution in [1.82, 2.24) is 9.55 Å². The lowest BCUT2D eigenvalue weighted by Gasteiger charge is -2.11. The number of benzene rings is 1. The van der Waals surface area contributed by atoms with Gasteiger partial charge >= 0.3 is 0 Å². The fraction of sp³-hybridized carbons (Fsp3) is 0.357. The Balaban J connectivity index is 1.71. The first-order chi connectivity index (χ1) is 9.26. The summed E-state index contributed by atoms with van der Waals surface area (Å²) in [5, 5.41) is 3.41. The first kappa shape index (κ1) is 12.5. The maximum absolute atomic E-state index is 5.26. The fourth-order valence-corrected chi connectivity index (χ4v) is 2.60. The molecule has 1 fully saturated rings. The maximum atomic E-state index is 5.26. The molecule has 0 spiro atoms. The van der Waals surface area contributed by atoms with Gasteiger partial charge in [-0.3, -0.25) is 0 Å². The molecule has 1 heterocycles. The fourth-order valence-electron chi connectivity index (χ4n) is 2.13. The number of halogens is 1. The van der Waals surface area contributed by atoms with Crippen molar-refractivity contribution < 1.29 is 4.74 Å². The number of aromatic nitrogens is 2. The van der Waals surface area contributed by atoms with E-state index >= 15 is 0 Å². The smallest absolute Gasteiger partial charge is 0.122 e. The molecular formula is C14H16BrN3O. The van der Waals surface area contributed by atoms with Gasteiger partial charge in [-0.05, 0) is 25.0 Å². The third-order valence-corrected chi connectivity index (χ3v) is 3.73. The SMILES string of the molecule is COc1cc(Br)cc(NCc2cncn2C2CC2)c1. The lowest BCUT2D eigenvalue weighted by molar-refractivity contribution is 0.414. The van der Waals surface area contributed by atoms with Crippen molar-refractivity contribution >= 4 is 21.6 Å². The van der Waals surface area contributed by atoms with Crippen molar-refractivity contribution in [3.05, 3.63) is 40.9 Å². The first-order valence-corrected chi connectivity index (χ1v) is 7.15. The van der Waals surface area contributed by atoms with Gasteiger partial charge in [0.15, 0.2) is 0 Å². The van der Waals surface area contributed by atoms with Gasteiger partial charge in [-0.25, -0.2) is 4.98 Å². The van der Waals surface area contributed by atoms with Crippen molar-refractivity contribution in [3.8, 4) is 5.75 Å². The normalized spacial score (nSPS) is 14.4. The van der Waals surface area contributed by atoms with Crippen LogP contribution in [0.2, 0.25) is 0 Å². The molecule has 3 rings (SSSR count). The molecule has 5 heteroatoms. The van der Waals surface area contributed by atoms with Crippen molar-refractivity contribution in [1.29, 1.82) is 0 Å². The Bertz CT molecular complexity index is 578. The standard InChI is InChI=1S/C14H16BrN3O/c1-19-14-5-10(15)4-11(6-14)17-8-13-7-16-9-18(13)12-2-3-12/h4-7,9,12,17H,2-3,8H2,1H3. The Labute approximate surface area is 120 Å². The third-order valence-electron chi connectivity index (χ3n) is 3.27. The molecule has 0 amide bonds. The predicted octanol–water partition coefficient (Wildman–Crippen LogP) is 3.60. The lowest BCUT2D eigenvalue weighted by atomic mass is 10.3. The molecule has 0 atom stereocenters. The number of nitrogens with zero attached hydrogens (tertiary/aromatic N) is 2. The van der Waals surface area contributed by atoms with Gasteiger partial charge in [-0.1, -0.05) is 15.9 Å². The summed E-state index contributed by atoms with van der Waals surface area (Å²) in [6.07, 6.45) is 6.40. The van der Waals surface area contributed by atoms with E-state index in [4.69, 9.17) is 4.74 Å². The van der Waals surface area contributed by atoms with Crippen LogP contribution in [0.4, 0.5) is 5.69 Å². The molecule has 4 nitrogen and oxygen atoms in total. The minimum absolute atomic E-state index is 0.663. The van der Waals surface area contributed by atoms with Crippen molar-refractivity contribution in [3.63, 3.8) is 0 Å². The van der Waals surface area contributed by atoms with E-state index in [0.717, 1.165) is 22.5 Å². The van der Waals surface area contributed by atoms with Crippen molar-refractivity contribution in [2.45, 2.75) is 25.4 Å². The molecule has 100 valence electrons. The average molecular weight is 322 g/mol. The van der Waals surface area contributed by atoms with Gasteiger partial charge in [-0.15, -0.1) is 0 Å².